The number of hydrogen-bond acceptors (Lipinski definition) is 2. The predicted octanol–water partition coefficient (Wildman–Crippen LogP) is 8.80. The molecule has 2 atom stereocenters. The Morgan fingerprint density at radius 3 is 1.58 bits per heavy atom. The van der Waals surface area contributed by atoms with Crippen LogP contribution in [0.1, 0.15) is 75.9 Å². The molecule has 0 saturated carbocycles. The van der Waals surface area contributed by atoms with E-state index in [1.165, 1.54) is 27.8 Å². The van der Waals surface area contributed by atoms with Gasteiger partial charge in [-0.25, -0.2) is 0 Å². The molecule has 4 aromatic rings. The van der Waals surface area contributed by atoms with Gasteiger partial charge in [-0.15, -0.1) is 0 Å². The summed E-state index contributed by atoms with van der Waals surface area (Å²) in [6, 6.07) is 36.3. The molecule has 0 aromatic heterocycles. The fourth-order valence-electron chi connectivity index (χ4n) is 4.59. The normalized spacial score (nSPS) is 13.8. The van der Waals surface area contributed by atoms with Crippen LogP contribution in [-0.4, -0.2) is 0 Å². The van der Waals surface area contributed by atoms with Gasteiger partial charge in [-0.3, -0.25) is 0 Å². The summed E-state index contributed by atoms with van der Waals surface area (Å²) in [6.07, 6.45) is 0. The summed E-state index contributed by atoms with van der Waals surface area (Å²) in [5.41, 5.74) is 15.5. The fraction of sp³-hybridized carbons (Fsp3) is 0.294. The first-order valence-electron chi connectivity index (χ1n) is 12.9. The van der Waals surface area contributed by atoms with Gasteiger partial charge in [-0.2, -0.15) is 0 Å². The first kappa shape index (κ1) is 25.7. The molecule has 0 bridgehead atoms. The average molecular weight is 477 g/mol. The Labute approximate surface area is 217 Å². The van der Waals surface area contributed by atoms with E-state index in [0.717, 1.165) is 11.3 Å². The molecule has 0 heterocycles. The van der Waals surface area contributed by atoms with Gasteiger partial charge in [-0.05, 0) is 44.7 Å². The SMILES string of the molecule is CC(C)(C)c1cc(-c2ccccc2N[C@@H](c2ccccc2)[C@@H](N)c2ccccc2)cc(C(C)(C)C)c1. The van der Waals surface area contributed by atoms with E-state index in [9.17, 15) is 0 Å². The van der Waals surface area contributed by atoms with Crippen LogP contribution in [0.3, 0.4) is 0 Å². The Balaban J connectivity index is 1.82. The number of rotatable bonds is 6. The van der Waals surface area contributed by atoms with Crippen molar-refractivity contribution in [1.82, 2.24) is 0 Å². The minimum atomic E-state index is -0.201. The van der Waals surface area contributed by atoms with Gasteiger partial charge in [0.1, 0.15) is 0 Å². The Morgan fingerprint density at radius 2 is 1.06 bits per heavy atom. The van der Waals surface area contributed by atoms with Gasteiger partial charge in [0.05, 0.1) is 12.1 Å². The second-order valence-electron chi connectivity index (χ2n) is 11.8. The van der Waals surface area contributed by atoms with E-state index in [-0.39, 0.29) is 22.9 Å². The molecule has 0 spiro atoms. The van der Waals surface area contributed by atoms with Crippen LogP contribution in [-0.2, 0) is 10.8 Å². The van der Waals surface area contributed by atoms with Crippen molar-refractivity contribution in [2.75, 3.05) is 5.32 Å². The summed E-state index contributed by atoms with van der Waals surface area (Å²) in [4.78, 5) is 0. The largest absolute Gasteiger partial charge is 0.376 e. The van der Waals surface area contributed by atoms with E-state index in [0.29, 0.717) is 0 Å². The van der Waals surface area contributed by atoms with Crippen LogP contribution in [0.2, 0.25) is 0 Å². The van der Waals surface area contributed by atoms with Gasteiger partial charge in [-0.1, -0.05) is 139 Å². The molecule has 0 radical (unpaired) electrons. The molecule has 0 fully saturated rings. The Bertz CT molecular complexity index is 1250. The van der Waals surface area contributed by atoms with E-state index in [1.54, 1.807) is 0 Å². The van der Waals surface area contributed by atoms with Gasteiger partial charge in [0.25, 0.3) is 0 Å². The summed E-state index contributed by atoms with van der Waals surface area (Å²) < 4.78 is 0. The smallest absolute Gasteiger partial charge is 0.0706 e. The van der Waals surface area contributed by atoms with Gasteiger partial charge in [0, 0.05) is 11.3 Å². The molecule has 2 heteroatoms. The summed E-state index contributed by atoms with van der Waals surface area (Å²) in [5, 5.41) is 3.85. The maximum Gasteiger partial charge on any atom is 0.0706 e. The minimum absolute atomic E-state index is 0.0562. The fourth-order valence-corrected chi connectivity index (χ4v) is 4.59. The lowest BCUT2D eigenvalue weighted by Crippen LogP contribution is -2.26. The molecule has 0 aliphatic rings. The lowest BCUT2D eigenvalue weighted by Gasteiger charge is -2.29. The third kappa shape index (κ3) is 5.88. The standard InChI is InChI=1S/C34H40N2/c1-33(2,3)27-21-26(22-28(23-27)34(4,5)6)29-19-13-14-20-30(29)36-32(25-17-11-8-12-18-25)31(35)24-15-9-7-10-16-24/h7-23,31-32,36H,35H2,1-6H3/t31-,32-/m0/s1. The lowest BCUT2D eigenvalue weighted by molar-refractivity contribution is 0.569. The van der Waals surface area contributed by atoms with Crippen molar-refractivity contribution < 1.29 is 0 Å². The summed E-state index contributed by atoms with van der Waals surface area (Å²) >= 11 is 0. The van der Waals surface area contributed by atoms with E-state index >= 15 is 0 Å². The monoisotopic (exact) mass is 476 g/mol. The first-order valence-corrected chi connectivity index (χ1v) is 12.9. The van der Waals surface area contributed by atoms with E-state index in [4.69, 9.17) is 5.73 Å². The van der Waals surface area contributed by atoms with E-state index in [1.807, 2.05) is 6.07 Å². The number of benzene rings is 4. The second-order valence-corrected chi connectivity index (χ2v) is 11.8. The molecule has 3 N–H and O–H groups in total. The van der Waals surface area contributed by atoms with Crippen molar-refractivity contribution in [2.45, 2.75) is 64.5 Å². The van der Waals surface area contributed by atoms with Gasteiger partial charge < -0.3 is 11.1 Å². The number of para-hydroxylation sites is 1. The highest BCUT2D eigenvalue weighted by atomic mass is 15.0. The van der Waals surface area contributed by atoms with Gasteiger partial charge in [0.15, 0.2) is 0 Å². The van der Waals surface area contributed by atoms with Crippen LogP contribution >= 0.6 is 0 Å². The summed E-state index contributed by atoms with van der Waals surface area (Å²) in [7, 11) is 0. The Kier molecular flexibility index (Phi) is 7.38. The summed E-state index contributed by atoms with van der Waals surface area (Å²) in [6.45, 7) is 13.7. The zero-order chi connectivity index (χ0) is 25.9. The Morgan fingerprint density at radius 1 is 0.583 bits per heavy atom. The van der Waals surface area contributed by atoms with Crippen LogP contribution < -0.4 is 11.1 Å². The van der Waals surface area contributed by atoms with Crippen molar-refractivity contribution in [3.63, 3.8) is 0 Å². The predicted molar refractivity (Wildman–Crippen MR) is 155 cm³/mol. The molecule has 4 rings (SSSR count). The first-order chi connectivity index (χ1) is 17.0. The highest BCUT2D eigenvalue weighted by molar-refractivity contribution is 5.79. The van der Waals surface area contributed by atoms with Crippen molar-refractivity contribution in [2.24, 2.45) is 5.73 Å². The topological polar surface area (TPSA) is 38.0 Å². The highest BCUT2D eigenvalue weighted by Crippen LogP contribution is 2.39. The zero-order valence-electron chi connectivity index (χ0n) is 22.5. The third-order valence-electron chi connectivity index (χ3n) is 6.92. The van der Waals surface area contributed by atoms with Crippen LogP contribution in [0.4, 0.5) is 5.69 Å². The summed E-state index contributed by atoms with van der Waals surface area (Å²) in [5.74, 6) is 0. The molecule has 0 saturated heterocycles. The number of anilines is 1. The Hall–Kier alpha value is -3.36. The van der Waals surface area contributed by atoms with Crippen molar-refractivity contribution in [3.8, 4) is 11.1 Å². The molecule has 186 valence electrons. The second kappa shape index (κ2) is 10.3. The quantitative estimate of drug-likeness (QED) is 0.292. The van der Waals surface area contributed by atoms with Crippen molar-refractivity contribution in [1.29, 1.82) is 0 Å². The van der Waals surface area contributed by atoms with Crippen LogP contribution in [0.25, 0.3) is 11.1 Å². The third-order valence-corrected chi connectivity index (χ3v) is 6.92. The lowest BCUT2D eigenvalue weighted by atomic mass is 9.78. The van der Waals surface area contributed by atoms with Crippen LogP contribution in [0.5, 0.6) is 0 Å². The number of hydrogen-bond donors (Lipinski definition) is 2. The maximum absolute atomic E-state index is 6.91. The zero-order valence-corrected chi connectivity index (χ0v) is 22.5. The molecular weight excluding hydrogens is 436 g/mol. The van der Waals surface area contributed by atoms with E-state index in [2.05, 4.69) is 144 Å². The molecule has 0 unspecified atom stereocenters. The van der Waals surface area contributed by atoms with Gasteiger partial charge >= 0.3 is 0 Å². The highest BCUT2D eigenvalue weighted by Gasteiger charge is 2.24. The number of nitrogens with one attached hydrogen (secondary N) is 1. The van der Waals surface area contributed by atoms with Crippen LogP contribution in [0.15, 0.2) is 103 Å². The van der Waals surface area contributed by atoms with Crippen molar-refractivity contribution >= 4 is 5.69 Å². The van der Waals surface area contributed by atoms with Gasteiger partial charge in [0.2, 0.25) is 0 Å². The number of nitrogens with two attached hydrogens (primary N) is 1. The molecule has 0 aliphatic carbocycles. The molecule has 0 amide bonds. The van der Waals surface area contributed by atoms with Crippen LogP contribution in [0, 0.1) is 0 Å². The molecule has 4 aromatic carbocycles. The average Bonchev–Trinajstić information content (AvgIpc) is 2.87. The minimum Gasteiger partial charge on any atom is -0.376 e. The molecular formula is C34H40N2. The van der Waals surface area contributed by atoms with E-state index < -0.39 is 0 Å². The maximum atomic E-state index is 6.91. The van der Waals surface area contributed by atoms with Crippen molar-refractivity contribution in [3.05, 3.63) is 125 Å². The molecule has 36 heavy (non-hydrogen) atoms. The molecule has 2 nitrogen and oxygen atoms in total. The molecule has 0 aliphatic heterocycles.